The summed E-state index contributed by atoms with van der Waals surface area (Å²) in [5.41, 5.74) is 3.71. The molecule has 0 unspecified atom stereocenters. The molecule has 28 heavy (non-hydrogen) atoms. The molecule has 0 saturated carbocycles. The van der Waals surface area contributed by atoms with Gasteiger partial charge in [-0.25, -0.2) is 0 Å². The molecule has 5 aromatic rings. The maximum atomic E-state index is 5.97. The molecule has 0 aliphatic heterocycles. The summed E-state index contributed by atoms with van der Waals surface area (Å²) in [6.07, 6.45) is 2.15. The van der Waals surface area contributed by atoms with E-state index in [0.29, 0.717) is 6.61 Å². The maximum absolute atomic E-state index is 5.97. The van der Waals surface area contributed by atoms with Crippen LogP contribution in [-0.2, 0) is 13.2 Å². The van der Waals surface area contributed by atoms with E-state index in [4.69, 9.17) is 4.74 Å². The highest BCUT2D eigenvalue weighted by Gasteiger charge is 2.05. The van der Waals surface area contributed by atoms with Crippen LogP contribution in [0.1, 0.15) is 11.1 Å². The van der Waals surface area contributed by atoms with Crippen molar-refractivity contribution in [3.05, 3.63) is 114 Å². The minimum Gasteiger partial charge on any atom is -0.489 e. The Morgan fingerprint density at radius 1 is 0.607 bits per heavy atom. The van der Waals surface area contributed by atoms with E-state index in [1.54, 1.807) is 0 Å². The van der Waals surface area contributed by atoms with Crippen LogP contribution in [0.15, 0.2) is 103 Å². The van der Waals surface area contributed by atoms with Crippen LogP contribution in [-0.4, -0.2) is 4.57 Å². The quantitative estimate of drug-likeness (QED) is 0.351. The number of benzene rings is 4. The Kier molecular flexibility index (Phi) is 4.30. The number of rotatable bonds is 5. The fourth-order valence-electron chi connectivity index (χ4n) is 3.68. The number of ether oxygens (including phenoxy) is 1. The molecule has 0 spiro atoms. The Hall–Kier alpha value is -3.52. The average molecular weight is 363 g/mol. The molecule has 0 fully saturated rings. The van der Waals surface area contributed by atoms with Crippen LogP contribution in [0.3, 0.4) is 0 Å². The van der Waals surface area contributed by atoms with Gasteiger partial charge in [0.05, 0.1) is 0 Å². The Morgan fingerprint density at radius 2 is 1.43 bits per heavy atom. The Labute approximate surface area is 164 Å². The predicted molar refractivity (Wildman–Crippen MR) is 116 cm³/mol. The van der Waals surface area contributed by atoms with Gasteiger partial charge >= 0.3 is 0 Å². The first-order chi connectivity index (χ1) is 13.8. The van der Waals surface area contributed by atoms with Crippen molar-refractivity contribution in [2.24, 2.45) is 0 Å². The highest BCUT2D eigenvalue weighted by atomic mass is 16.5. The predicted octanol–water partition coefficient (Wildman–Crippen LogP) is 6.42. The SMILES string of the molecule is c1ccc(COc2ccc3c(ccn3Cc3ccc4ccccc4c3)c2)cc1. The molecule has 2 nitrogen and oxygen atoms in total. The molecule has 0 N–H and O–H groups in total. The number of nitrogens with zero attached hydrogens (tertiary/aromatic N) is 1. The molecule has 0 aliphatic carbocycles. The van der Waals surface area contributed by atoms with Gasteiger partial charge in [-0.2, -0.15) is 0 Å². The van der Waals surface area contributed by atoms with Crippen LogP contribution in [0, 0.1) is 0 Å². The molecule has 5 rings (SSSR count). The van der Waals surface area contributed by atoms with E-state index >= 15 is 0 Å². The van der Waals surface area contributed by atoms with Gasteiger partial charge in [0.15, 0.2) is 0 Å². The van der Waals surface area contributed by atoms with Crippen molar-refractivity contribution in [3.8, 4) is 5.75 Å². The largest absolute Gasteiger partial charge is 0.489 e. The number of aromatic nitrogens is 1. The first kappa shape index (κ1) is 16.6. The highest BCUT2D eigenvalue weighted by Crippen LogP contribution is 2.24. The van der Waals surface area contributed by atoms with Crippen LogP contribution < -0.4 is 4.74 Å². The van der Waals surface area contributed by atoms with Gasteiger partial charge in [-0.15, -0.1) is 0 Å². The second kappa shape index (κ2) is 7.24. The molecule has 136 valence electrons. The zero-order valence-corrected chi connectivity index (χ0v) is 15.6. The van der Waals surface area contributed by atoms with Crippen molar-refractivity contribution in [3.63, 3.8) is 0 Å². The summed E-state index contributed by atoms with van der Waals surface area (Å²) >= 11 is 0. The fourth-order valence-corrected chi connectivity index (χ4v) is 3.68. The molecular formula is C26H21NO. The Bertz CT molecular complexity index is 1240. The molecule has 4 aromatic carbocycles. The lowest BCUT2D eigenvalue weighted by atomic mass is 10.1. The zero-order valence-electron chi connectivity index (χ0n) is 15.6. The van der Waals surface area contributed by atoms with E-state index < -0.39 is 0 Å². The maximum Gasteiger partial charge on any atom is 0.120 e. The van der Waals surface area contributed by atoms with E-state index in [1.807, 2.05) is 18.2 Å². The van der Waals surface area contributed by atoms with Crippen molar-refractivity contribution in [1.82, 2.24) is 4.57 Å². The van der Waals surface area contributed by atoms with Crippen LogP contribution in [0.2, 0.25) is 0 Å². The minimum atomic E-state index is 0.587. The topological polar surface area (TPSA) is 14.2 Å². The zero-order chi connectivity index (χ0) is 18.8. The van der Waals surface area contributed by atoms with Gasteiger partial charge in [-0.1, -0.05) is 66.7 Å². The lowest BCUT2D eigenvalue weighted by molar-refractivity contribution is 0.306. The van der Waals surface area contributed by atoms with Gasteiger partial charge in [0.1, 0.15) is 12.4 Å². The summed E-state index contributed by atoms with van der Waals surface area (Å²) in [7, 11) is 0. The first-order valence-corrected chi connectivity index (χ1v) is 9.58. The fraction of sp³-hybridized carbons (Fsp3) is 0.0769. The van der Waals surface area contributed by atoms with Crippen molar-refractivity contribution in [2.75, 3.05) is 0 Å². The van der Waals surface area contributed by atoms with E-state index in [9.17, 15) is 0 Å². The Balaban J connectivity index is 1.37. The van der Waals surface area contributed by atoms with E-state index in [0.717, 1.165) is 12.3 Å². The van der Waals surface area contributed by atoms with E-state index in [1.165, 1.54) is 32.8 Å². The van der Waals surface area contributed by atoms with Crippen molar-refractivity contribution >= 4 is 21.7 Å². The van der Waals surface area contributed by atoms with Gasteiger partial charge < -0.3 is 9.30 Å². The standard InChI is InChI=1S/C26H21NO/c1-2-6-20(7-3-1)19-28-25-12-13-26-24(17-25)14-15-27(26)18-21-10-11-22-8-4-5-9-23(22)16-21/h1-17H,18-19H2. The number of hydrogen-bond acceptors (Lipinski definition) is 1. The van der Waals surface area contributed by atoms with Gasteiger partial charge in [-0.3, -0.25) is 0 Å². The van der Waals surface area contributed by atoms with Crippen LogP contribution >= 0.6 is 0 Å². The Morgan fingerprint density at radius 3 is 2.32 bits per heavy atom. The molecule has 1 aromatic heterocycles. The lowest BCUT2D eigenvalue weighted by Gasteiger charge is -2.09. The van der Waals surface area contributed by atoms with Crippen LogP contribution in [0.4, 0.5) is 0 Å². The third kappa shape index (κ3) is 3.37. The molecule has 0 radical (unpaired) electrons. The molecule has 0 amide bonds. The van der Waals surface area contributed by atoms with Crippen molar-refractivity contribution in [1.29, 1.82) is 0 Å². The average Bonchev–Trinajstić information content (AvgIpc) is 3.15. The number of hydrogen-bond donors (Lipinski definition) is 0. The third-order valence-electron chi connectivity index (χ3n) is 5.16. The summed E-state index contributed by atoms with van der Waals surface area (Å²) in [5.74, 6) is 0.903. The molecule has 2 heteroatoms. The summed E-state index contributed by atoms with van der Waals surface area (Å²) in [4.78, 5) is 0. The molecular weight excluding hydrogens is 342 g/mol. The van der Waals surface area contributed by atoms with Crippen molar-refractivity contribution < 1.29 is 4.74 Å². The van der Waals surface area contributed by atoms with Crippen LogP contribution in [0.25, 0.3) is 21.7 Å². The first-order valence-electron chi connectivity index (χ1n) is 9.58. The van der Waals surface area contributed by atoms with Gasteiger partial charge in [0.2, 0.25) is 0 Å². The molecule has 0 bridgehead atoms. The molecule has 1 heterocycles. The second-order valence-corrected chi connectivity index (χ2v) is 7.12. The van der Waals surface area contributed by atoms with Gasteiger partial charge in [-0.05, 0) is 52.2 Å². The normalized spacial score (nSPS) is 11.1. The van der Waals surface area contributed by atoms with Gasteiger partial charge in [0.25, 0.3) is 0 Å². The summed E-state index contributed by atoms with van der Waals surface area (Å²) in [6.45, 7) is 1.45. The molecule has 0 aliphatic rings. The lowest BCUT2D eigenvalue weighted by Crippen LogP contribution is -1.98. The summed E-state index contributed by atoms with van der Waals surface area (Å²) in [6, 6.07) is 33.9. The summed E-state index contributed by atoms with van der Waals surface area (Å²) < 4.78 is 8.26. The smallest absolute Gasteiger partial charge is 0.120 e. The highest BCUT2D eigenvalue weighted by molar-refractivity contribution is 5.84. The van der Waals surface area contributed by atoms with Crippen molar-refractivity contribution in [2.45, 2.75) is 13.2 Å². The second-order valence-electron chi connectivity index (χ2n) is 7.12. The van der Waals surface area contributed by atoms with E-state index in [-0.39, 0.29) is 0 Å². The van der Waals surface area contributed by atoms with E-state index in [2.05, 4.69) is 89.6 Å². The number of fused-ring (bicyclic) bond motifs is 2. The van der Waals surface area contributed by atoms with Gasteiger partial charge in [0, 0.05) is 23.6 Å². The minimum absolute atomic E-state index is 0.587. The molecule has 0 atom stereocenters. The monoisotopic (exact) mass is 363 g/mol. The third-order valence-corrected chi connectivity index (χ3v) is 5.16. The molecule has 0 saturated heterocycles. The summed E-state index contributed by atoms with van der Waals surface area (Å²) in [5, 5.41) is 3.77. The van der Waals surface area contributed by atoms with Crippen LogP contribution in [0.5, 0.6) is 5.75 Å².